The maximum absolute atomic E-state index is 13.8. The molecule has 2 aromatic carbocycles. The molecule has 44 heavy (non-hydrogen) atoms. The van der Waals surface area contributed by atoms with Gasteiger partial charge in [-0.1, -0.05) is 0 Å². The van der Waals surface area contributed by atoms with E-state index in [1.165, 1.54) is 6.92 Å². The Hall–Kier alpha value is -5.17. The summed E-state index contributed by atoms with van der Waals surface area (Å²) in [4.78, 5) is 64.1. The first-order valence-corrected chi connectivity index (χ1v) is 13.8. The summed E-state index contributed by atoms with van der Waals surface area (Å²) in [7, 11) is 3.49. The number of carbonyl (C=O) groups is 5. The molecule has 2 aromatic rings. The van der Waals surface area contributed by atoms with Crippen LogP contribution in [0.5, 0.6) is 5.75 Å². The molecule has 0 radical (unpaired) electrons. The van der Waals surface area contributed by atoms with Crippen molar-refractivity contribution < 1.29 is 44.4 Å². The number of nitrogens with one attached hydrogen (secondary N) is 2. The maximum atomic E-state index is 13.8. The minimum absolute atomic E-state index is 0.0212. The number of ketones is 3. The highest BCUT2D eigenvalue weighted by molar-refractivity contribution is 6.22. The van der Waals surface area contributed by atoms with Gasteiger partial charge in [-0.3, -0.25) is 19.2 Å². The van der Waals surface area contributed by atoms with Crippen LogP contribution in [0, 0.1) is 11.8 Å². The van der Waals surface area contributed by atoms with Crippen LogP contribution in [0.4, 0.5) is 16.2 Å². The van der Waals surface area contributed by atoms with E-state index in [0.717, 1.165) is 0 Å². The van der Waals surface area contributed by atoms with E-state index in [4.69, 9.17) is 5.73 Å². The van der Waals surface area contributed by atoms with Crippen molar-refractivity contribution in [3.8, 4) is 5.75 Å². The highest BCUT2D eigenvalue weighted by atomic mass is 16.3. The molecule has 0 bridgehead atoms. The molecule has 1 fully saturated rings. The summed E-state index contributed by atoms with van der Waals surface area (Å²) in [6, 6.07) is 7.31. The summed E-state index contributed by atoms with van der Waals surface area (Å²) in [5.74, 6) is -7.17. The van der Waals surface area contributed by atoms with Crippen molar-refractivity contribution in [2.24, 2.45) is 17.6 Å². The number of rotatable bonds is 6. The largest absolute Gasteiger partial charge is 0.508 e. The van der Waals surface area contributed by atoms with Crippen molar-refractivity contribution in [1.82, 2.24) is 5.32 Å². The summed E-state index contributed by atoms with van der Waals surface area (Å²) in [5, 5.41) is 50.3. The van der Waals surface area contributed by atoms with Crippen LogP contribution in [0.15, 0.2) is 47.2 Å². The third kappa shape index (κ3) is 4.74. The van der Waals surface area contributed by atoms with Gasteiger partial charge < -0.3 is 41.7 Å². The number of urea groups is 1. The number of aromatic hydroxyl groups is 1. The molecule has 8 N–H and O–H groups in total. The summed E-state index contributed by atoms with van der Waals surface area (Å²) in [5.41, 5.74) is 3.63. The number of benzene rings is 2. The van der Waals surface area contributed by atoms with Gasteiger partial charge in [0.05, 0.1) is 5.56 Å². The van der Waals surface area contributed by atoms with Crippen molar-refractivity contribution in [3.05, 3.63) is 69.5 Å². The zero-order valence-corrected chi connectivity index (χ0v) is 24.2. The lowest BCUT2D eigenvalue weighted by atomic mass is 9.59. The standard InChI is InChI=1S/C31H32N4O9/c1-13(36)14-4-6-18(7-5-14)34-30(43)33-12-16-10-20(35(2)3)19-9-15-8-17-11-21(37)24(29(32)42)28(41)31(17,44)27(40)22(15)26(39)23(19)25(16)38/h4-7,10,15,17,38-39,41,44H,8-9,11-12H2,1-3H3,(H2,32,42)(H2,33,34,43)/t15?,17-,31-/m0/s1. The molecular weight excluding hydrogens is 572 g/mol. The number of nitrogens with zero attached hydrogens (tertiary/aromatic N) is 1. The number of aliphatic hydroxyl groups excluding tert-OH is 2. The molecule has 0 saturated heterocycles. The second-order valence-corrected chi connectivity index (χ2v) is 11.5. The molecule has 230 valence electrons. The van der Waals surface area contributed by atoms with Crippen LogP contribution in [0.2, 0.25) is 0 Å². The van der Waals surface area contributed by atoms with Gasteiger partial charge in [-0.25, -0.2) is 4.79 Å². The Kier molecular flexibility index (Phi) is 7.46. The number of phenols is 1. The van der Waals surface area contributed by atoms with Gasteiger partial charge >= 0.3 is 6.03 Å². The molecule has 3 aliphatic rings. The molecule has 0 aliphatic heterocycles. The molecular formula is C31H32N4O9. The van der Waals surface area contributed by atoms with Crippen molar-refractivity contribution in [1.29, 1.82) is 0 Å². The zero-order valence-electron chi connectivity index (χ0n) is 24.2. The molecule has 3 amide bonds. The monoisotopic (exact) mass is 604 g/mol. The summed E-state index contributed by atoms with van der Waals surface area (Å²) < 4.78 is 0. The summed E-state index contributed by atoms with van der Waals surface area (Å²) in [6.07, 6.45) is -0.228. The number of nitrogens with two attached hydrogens (primary N) is 1. The first-order valence-electron chi connectivity index (χ1n) is 13.8. The number of Topliss-reactive ketones (excluding diaryl/α,β-unsaturated/α-hetero) is 3. The third-order valence-electron chi connectivity index (χ3n) is 8.59. The number of fused-ring (bicyclic) bond motifs is 3. The van der Waals surface area contributed by atoms with E-state index in [2.05, 4.69) is 10.6 Å². The average molecular weight is 605 g/mol. The second-order valence-electron chi connectivity index (χ2n) is 11.5. The lowest BCUT2D eigenvalue weighted by Gasteiger charge is -2.46. The van der Waals surface area contributed by atoms with Gasteiger partial charge in [-0.15, -0.1) is 0 Å². The topological polar surface area (TPSA) is 220 Å². The van der Waals surface area contributed by atoms with Crippen molar-refractivity contribution in [2.75, 3.05) is 24.3 Å². The summed E-state index contributed by atoms with van der Waals surface area (Å²) >= 11 is 0. The van der Waals surface area contributed by atoms with Crippen molar-refractivity contribution >= 4 is 46.4 Å². The maximum Gasteiger partial charge on any atom is 0.319 e. The molecule has 0 aromatic heterocycles. The Morgan fingerprint density at radius 2 is 1.73 bits per heavy atom. The average Bonchev–Trinajstić information content (AvgIpc) is 2.94. The smallest absolute Gasteiger partial charge is 0.319 e. The van der Waals surface area contributed by atoms with Crippen molar-refractivity contribution in [3.63, 3.8) is 0 Å². The van der Waals surface area contributed by atoms with Crippen LogP contribution in [-0.2, 0) is 27.3 Å². The Balaban J connectivity index is 1.50. The molecule has 13 heteroatoms. The number of carbonyl (C=O) groups excluding carboxylic acids is 5. The number of anilines is 2. The molecule has 1 unspecified atom stereocenters. The molecule has 1 saturated carbocycles. The van der Waals surface area contributed by atoms with E-state index in [1.807, 2.05) is 0 Å². The molecule has 5 rings (SSSR count). The number of aliphatic hydroxyl groups is 3. The highest BCUT2D eigenvalue weighted by Gasteiger charge is 2.60. The number of primary amides is 1. The van der Waals surface area contributed by atoms with E-state index in [-0.39, 0.29) is 41.9 Å². The lowest BCUT2D eigenvalue weighted by molar-refractivity contribution is -0.147. The fraction of sp³-hybridized carbons (Fsp3) is 0.323. The third-order valence-corrected chi connectivity index (χ3v) is 8.59. The Morgan fingerprint density at radius 1 is 1.07 bits per heavy atom. The van der Waals surface area contributed by atoms with Crippen LogP contribution in [0.1, 0.15) is 46.8 Å². The molecule has 3 aliphatic carbocycles. The Morgan fingerprint density at radius 3 is 2.32 bits per heavy atom. The van der Waals surface area contributed by atoms with E-state index < -0.39 is 70.2 Å². The van der Waals surface area contributed by atoms with Crippen LogP contribution in [0.3, 0.4) is 0 Å². The van der Waals surface area contributed by atoms with Crippen LogP contribution in [-0.4, -0.2) is 69.4 Å². The van der Waals surface area contributed by atoms with Crippen molar-refractivity contribution in [2.45, 2.75) is 38.3 Å². The van der Waals surface area contributed by atoms with E-state index >= 15 is 0 Å². The lowest BCUT2D eigenvalue weighted by Crippen LogP contribution is -2.58. The number of amides is 3. The SMILES string of the molecule is CC(=O)c1ccc(NC(=O)NCc2cc(N(C)C)c3c(c2O)C(O)=C2C(=O)[C@]4(O)C(O)=C(C(N)=O)C(=O)C[C@@H]4CC2C3)cc1. The minimum atomic E-state index is -2.66. The fourth-order valence-electron chi connectivity index (χ4n) is 6.40. The Labute approximate surface area is 251 Å². The second kappa shape index (κ2) is 10.8. The number of hydrogen-bond donors (Lipinski definition) is 7. The van der Waals surface area contributed by atoms with Gasteiger partial charge in [0.15, 0.2) is 17.2 Å². The predicted octanol–water partition coefficient (Wildman–Crippen LogP) is 2.01. The van der Waals surface area contributed by atoms with Gasteiger partial charge in [0.2, 0.25) is 5.78 Å². The highest BCUT2D eigenvalue weighted by Crippen LogP contribution is 2.53. The van der Waals surface area contributed by atoms with Gasteiger partial charge in [0, 0.05) is 61.1 Å². The van der Waals surface area contributed by atoms with Crippen LogP contribution in [0.25, 0.3) is 5.76 Å². The van der Waals surface area contributed by atoms with Gasteiger partial charge in [0.1, 0.15) is 22.8 Å². The first-order chi connectivity index (χ1) is 20.7. The van der Waals surface area contributed by atoms with E-state index in [0.29, 0.717) is 22.5 Å². The number of phenolic OH excluding ortho intramolecular Hbond substituents is 1. The Bertz CT molecular complexity index is 1710. The van der Waals surface area contributed by atoms with E-state index in [9.17, 15) is 44.4 Å². The normalized spacial score (nSPS) is 22.5. The summed E-state index contributed by atoms with van der Waals surface area (Å²) in [6.45, 7) is 1.24. The van der Waals surface area contributed by atoms with Crippen LogP contribution < -0.4 is 21.3 Å². The zero-order chi connectivity index (χ0) is 32.2. The quantitative estimate of drug-likeness (QED) is 0.188. The van der Waals surface area contributed by atoms with Crippen LogP contribution >= 0.6 is 0 Å². The molecule has 13 nitrogen and oxygen atoms in total. The van der Waals surface area contributed by atoms with E-state index in [1.54, 1.807) is 49.3 Å². The van der Waals surface area contributed by atoms with Gasteiger partial charge in [0.25, 0.3) is 5.91 Å². The van der Waals surface area contributed by atoms with Gasteiger partial charge in [-0.05, 0) is 61.6 Å². The first kappa shape index (κ1) is 30.3. The number of hydrogen-bond acceptors (Lipinski definition) is 10. The van der Waals surface area contributed by atoms with Gasteiger partial charge in [-0.2, -0.15) is 0 Å². The fourth-order valence-corrected chi connectivity index (χ4v) is 6.40. The molecule has 0 spiro atoms. The molecule has 3 atom stereocenters. The molecule has 0 heterocycles. The minimum Gasteiger partial charge on any atom is -0.508 e. The predicted molar refractivity (Wildman–Crippen MR) is 158 cm³/mol.